The number of benzene rings is 1. The lowest BCUT2D eigenvalue weighted by atomic mass is 10.2. The quantitative estimate of drug-likeness (QED) is 0.751. The van der Waals surface area contributed by atoms with Gasteiger partial charge in [0.1, 0.15) is 16.8 Å². The Hall–Kier alpha value is -2.04. The number of piperazine rings is 1. The summed E-state index contributed by atoms with van der Waals surface area (Å²) in [7, 11) is -4.16. The van der Waals surface area contributed by atoms with Gasteiger partial charge in [0.2, 0.25) is 15.9 Å². The first-order valence-corrected chi connectivity index (χ1v) is 10.7. The number of hydrogen-bond donors (Lipinski definition) is 1. The lowest BCUT2D eigenvalue weighted by Gasteiger charge is -2.36. The van der Waals surface area contributed by atoms with E-state index in [9.17, 15) is 22.4 Å². The van der Waals surface area contributed by atoms with E-state index in [0.717, 1.165) is 18.6 Å². The first kappa shape index (κ1) is 20.7. The van der Waals surface area contributed by atoms with Gasteiger partial charge in [-0.3, -0.25) is 9.59 Å². The summed E-state index contributed by atoms with van der Waals surface area (Å²) < 4.78 is 46.1. The molecule has 2 fully saturated rings. The van der Waals surface area contributed by atoms with Gasteiger partial charge in [-0.2, -0.15) is 4.72 Å². The second-order valence-electron chi connectivity index (χ2n) is 6.93. The van der Waals surface area contributed by atoms with Gasteiger partial charge in [-0.1, -0.05) is 12.1 Å². The van der Waals surface area contributed by atoms with Crippen LogP contribution >= 0.6 is 0 Å². The van der Waals surface area contributed by atoms with Crippen molar-refractivity contribution in [3.63, 3.8) is 0 Å². The molecule has 1 aromatic rings. The van der Waals surface area contributed by atoms with E-state index in [-0.39, 0.29) is 5.91 Å². The van der Waals surface area contributed by atoms with Crippen LogP contribution in [0.4, 0.5) is 4.39 Å². The van der Waals surface area contributed by atoms with Crippen LogP contribution < -0.4 is 4.72 Å². The van der Waals surface area contributed by atoms with Crippen LogP contribution in [0.25, 0.3) is 0 Å². The molecule has 2 saturated heterocycles. The minimum atomic E-state index is -4.16. The van der Waals surface area contributed by atoms with Gasteiger partial charge < -0.3 is 14.5 Å². The molecule has 2 amide bonds. The van der Waals surface area contributed by atoms with Crippen molar-refractivity contribution in [2.45, 2.75) is 36.8 Å². The van der Waals surface area contributed by atoms with E-state index in [1.165, 1.54) is 24.0 Å². The molecular formula is C18H24FN3O5S. The van der Waals surface area contributed by atoms with Gasteiger partial charge in [-0.15, -0.1) is 0 Å². The maximum atomic E-state index is 13.8. The second kappa shape index (κ2) is 8.54. The zero-order valence-electron chi connectivity index (χ0n) is 15.6. The van der Waals surface area contributed by atoms with Crippen molar-refractivity contribution in [1.82, 2.24) is 14.5 Å². The molecule has 3 rings (SSSR count). The van der Waals surface area contributed by atoms with E-state index in [1.807, 2.05) is 0 Å². The first-order chi connectivity index (χ1) is 13.3. The average molecular weight is 413 g/mol. The summed E-state index contributed by atoms with van der Waals surface area (Å²) in [4.78, 5) is 27.6. The van der Waals surface area contributed by atoms with Crippen molar-refractivity contribution >= 4 is 21.8 Å². The minimum Gasteiger partial charge on any atom is -0.368 e. The fourth-order valence-corrected chi connectivity index (χ4v) is 4.68. The third kappa shape index (κ3) is 4.50. The number of nitrogens with zero attached hydrogens (tertiary/aromatic N) is 2. The van der Waals surface area contributed by atoms with E-state index >= 15 is 0 Å². The minimum absolute atomic E-state index is 0.0575. The van der Waals surface area contributed by atoms with Crippen LogP contribution in [0.5, 0.6) is 0 Å². The number of amides is 2. The molecule has 2 aliphatic rings. The van der Waals surface area contributed by atoms with Gasteiger partial charge >= 0.3 is 0 Å². The molecule has 0 saturated carbocycles. The molecule has 1 unspecified atom stereocenters. The molecule has 1 aromatic carbocycles. The summed E-state index contributed by atoms with van der Waals surface area (Å²) in [6.45, 7) is 3.37. The van der Waals surface area contributed by atoms with Crippen molar-refractivity contribution in [1.29, 1.82) is 0 Å². The number of halogens is 1. The highest BCUT2D eigenvalue weighted by Crippen LogP contribution is 2.17. The van der Waals surface area contributed by atoms with Gasteiger partial charge in [0, 0.05) is 32.8 Å². The van der Waals surface area contributed by atoms with E-state index in [1.54, 1.807) is 4.90 Å². The molecule has 0 spiro atoms. The van der Waals surface area contributed by atoms with Crippen LogP contribution in [0.15, 0.2) is 29.2 Å². The smallest absolute Gasteiger partial charge is 0.251 e. The van der Waals surface area contributed by atoms with Gasteiger partial charge in [0.25, 0.3) is 5.91 Å². The molecule has 2 heterocycles. The predicted molar refractivity (Wildman–Crippen MR) is 98.3 cm³/mol. The number of carbonyl (C=O) groups is 2. The summed E-state index contributed by atoms with van der Waals surface area (Å²) >= 11 is 0. The highest BCUT2D eigenvalue weighted by Gasteiger charge is 2.33. The van der Waals surface area contributed by atoms with Crippen molar-refractivity contribution in [3.05, 3.63) is 30.1 Å². The van der Waals surface area contributed by atoms with Crippen LogP contribution in [0.2, 0.25) is 0 Å². The topological polar surface area (TPSA) is 96.0 Å². The lowest BCUT2D eigenvalue weighted by Crippen LogP contribution is -2.56. The Labute approximate surface area is 163 Å². The van der Waals surface area contributed by atoms with Crippen LogP contribution in [-0.2, 0) is 24.3 Å². The molecule has 1 N–H and O–H groups in total. The fraction of sp³-hybridized carbons (Fsp3) is 0.556. The van der Waals surface area contributed by atoms with Crippen LogP contribution in [0.3, 0.4) is 0 Å². The summed E-state index contributed by atoms with van der Waals surface area (Å²) in [6, 6.07) is 3.94. The third-order valence-electron chi connectivity index (χ3n) is 4.94. The molecular weight excluding hydrogens is 389 g/mol. The standard InChI is InChI=1S/C18H24FN3O5S/c1-13(20-28(25,26)16-7-3-2-5-14(16)19)17(23)21-8-10-22(11-9-21)18(24)15-6-4-12-27-15/h2-3,5,7,13,15,20H,4,6,8-12H2,1H3/t13-,15?/m0/s1. The number of carbonyl (C=O) groups excluding carboxylic acids is 2. The first-order valence-electron chi connectivity index (χ1n) is 9.25. The molecule has 0 radical (unpaired) electrons. The Morgan fingerprint density at radius 3 is 2.43 bits per heavy atom. The van der Waals surface area contributed by atoms with Crippen molar-refractivity contribution in [3.8, 4) is 0 Å². The van der Waals surface area contributed by atoms with Crippen molar-refractivity contribution in [2.75, 3.05) is 32.8 Å². The molecule has 0 aliphatic carbocycles. The monoisotopic (exact) mass is 413 g/mol. The number of ether oxygens (including phenoxy) is 1. The third-order valence-corrected chi connectivity index (χ3v) is 6.51. The summed E-state index contributed by atoms with van der Waals surface area (Å²) in [5.74, 6) is -1.35. The van der Waals surface area contributed by atoms with Gasteiger partial charge in [-0.25, -0.2) is 12.8 Å². The van der Waals surface area contributed by atoms with Gasteiger partial charge in [-0.05, 0) is 31.9 Å². The molecule has 154 valence electrons. The Kier molecular flexibility index (Phi) is 6.31. The Bertz CT molecular complexity index is 833. The SMILES string of the molecule is C[C@H](NS(=O)(=O)c1ccccc1F)C(=O)N1CCN(C(=O)C2CCCO2)CC1. The zero-order valence-corrected chi connectivity index (χ0v) is 16.5. The van der Waals surface area contributed by atoms with Gasteiger partial charge in [0.15, 0.2) is 0 Å². The zero-order chi connectivity index (χ0) is 20.3. The lowest BCUT2D eigenvalue weighted by molar-refractivity contribution is -0.146. The van der Waals surface area contributed by atoms with Gasteiger partial charge in [0.05, 0.1) is 6.04 Å². The molecule has 2 atom stereocenters. The van der Waals surface area contributed by atoms with E-state index in [0.29, 0.717) is 39.2 Å². The fourth-order valence-electron chi connectivity index (χ4n) is 3.41. The van der Waals surface area contributed by atoms with E-state index in [2.05, 4.69) is 4.72 Å². The predicted octanol–water partition coefficient (Wildman–Crippen LogP) is 0.342. The molecule has 2 aliphatic heterocycles. The Morgan fingerprint density at radius 1 is 1.18 bits per heavy atom. The highest BCUT2D eigenvalue weighted by atomic mass is 32.2. The maximum Gasteiger partial charge on any atom is 0.251 e. The van der Waals surface area contributed by atoms with Crippen molar-refractivity contribution in [2.24, 2.45) is 0 Å². The number of rotatable bonds is 5. The molecule has 28 heavy (non-hydrogen) atoms. The highest BCUT2D eigenvalue weighted by molar-refractivity contribution is 7.89. The largest absolute Gasteiger partial charge is 0.368 e. The normalized spacial score (nSPS) is 21.6. The van der Waals surface area contributed by atoms with E-state index in [4.69, 9.17) is 4.74 Å². The molecule has 10 heteroatoms. The summed E-state index contributed by atoms with van der Waals surface area (Å²) in [5, 5.41) is 0. The number of sulfonamides is 1. The molecule has 0 aromatic heterocycles. The average Bonchev–Trinajstić information content (AvgIpc) is 3.21. The summed E-state index contributed by atoms with van der Waals surface area (Å²) in [6.07, 6.45) is 1.19. The Morgan fingerprint density at radius 2 is 1.82 bits per heavy atom. The number of hydrogen-bond acceptors (Lipinski definition) is 5. The molecule has 8 nitrogen and oxygen atoms in total. The van der Waals surface area contributed by atoms with Crippen molar-refractivity contribution < 1.29 is 27.1 Å². The van der Waals surface area contributed by atoms with E-state index < -0.39 is 38.8 Å². The van der Waals surface area contributed by atoms with Crippen LogP contribution in [-0.4, -0.2) is 75.0 Å². The molecule has 0 bridgehead atoms. The second-order valence-corrected chi connectivity index (χ2v) is 8.61. The van der Waals surface area contributed by atoms with Crippen LogP contribution in [0.1, 0.15) is 19.8 Å². The Balaban J connectivity index is 1.56. The summed E-state index contributed by atoms with van der Waals surface area (Å²) in [5.41, 5.74) is 0. The van der Waals surface area contributed by atoms with Crippen LogP contribution in [0, 0.1) is 5.82 Å². The number of nitrogens with one attached hydrogen (secondary N) is 1. The maximum absolute atomic E-state index is 13.8.